The van der Waals surface area contributed by atoms with Crippen LogP contribution in [0.25, 0.3) is 0 Å². The fourth-order valence-corrected chi connectivity index (χ4v) is 2.15. The van der Waals surface area contributed by atoms with E-state index in [2.05, 4.69) is 5.10 Å². The summed E-state index contributed by atoms with van der Waals surface area (Å²) < 4.78 is 1.80. The Morgan fingerprint density at radius 1 is 1.50 bits per heavy atom. The molecule has 1 aromatic rings. The lowest BCUT2D eigenvalue weighted by atomic mass is 10.4. The molecule has 0 unspecified atom stereocenters. The standard InChI is InChI=1S/C12H21N5O/c1-15(8-9-17-7-4-11(13)14-17)10-12(18)16-5-2-3-6-16/h4,7H,2-3,5-6,8-10H2,1H3,(H2,13,14). The van der Waals surface area contributed by atoms with Gasteiger partial charge < -0.3 is 10.6 Å². The van der Waals surface area contributed by atoms with Gasteiger partial charge in [0.15, 0.2) is 0 Å². The van der Waals surface area contributed by atoms with E-state index in [1.165, 1.54) is 0 Å². The number of hydrogen-bond acceptors (Lipinski definition) is 4. The molecule has 2 N–H and O–H groups in total. The first kappa shape index (κ1) is 12.9. The SMILES string of the molecule is CN(CCn1ccc(N)n1)CC(=O)N1CCCC1. The molecule has 1 aliphatic heterocycles. The number of amides is 1. The molecule has 0 radical (unpaired) electrons. The first-order valence-electron chi connectivity index (χ1n) is 6.40. The fourth-order valence-electron chi connectivity index (χ4n) is 2.15. The highest BCUT2D eigenvalue weighted by Crippen LogP contribution is 2.07. The number of hydrogen-bond donors (Lipinski definition) is 1. The largest absolute Gasteiger partial charge is 0.382 e. The van der Waals surface area contributed by atoms with Crippen LogP contribution in [0.15, 0.2) is 12.3 Å². The highest BCUT2D eigenvalue weighted by Gasteiger charge is 2.18. The Bertz CT molecular complexity index is 397. The molecule has 18 heavy (non-hydrogen) atoms. The van der Waals surface area contributed by atoms with Gasteiger partial charge in [0.25, 0.3) is 0 Å². The monoisotopic (exact) mass is 251 g/mol. The van der Waals surface area contributed by atoms with E-state index in [-0.39, 0.29) is 5.91 Å². The van der Waals surface area contributed by atoms with Crippen LogP contribution >= 0.6 is 0 Å². The van der Waals surface area contributed by atoms with Crippen molar-refractivity contribution in [2.45, 2.75) is 19.4 Å². The first-order valence-corrected chi connectivity index (χ1v) is 6.40. The van der Waals surface area contributed by atoms with Gasteiger partial charge in [0.1, 0.15) is 5.82 Å². The molecule has 1 aromatic heterocycles. The van der Waals surface area contributed by atoms with Crippen LogP contribution in [-0.4, -0.2) is 58.7 Å². The average molecular weight is 251 g/mol. The summed E-state index contributed by atoms with van der Waals surface area (Å²) in [6, 6.07) is 1.77. The summed E-state index contributed by atoms with van der Waals surface area (Å²) in [5, 5.41) is 4.11. The molecule has 1 fully saturated rings. The van der Waals surface area contributed by atoms with E-state index in [4.69, 9.17) is 5.73 Å². The second-order valence-electron chi connectivity index (χ2n) is 4.83. The summed E-state index contributed by atoms with van der Waals surface area (Å²) >= 11 is 0. The van der Waals surface area contributed by atoms with Gasteiger partial charge in [-0.2, -0.15) is 5.10 Å². The summed E-state index contributed by atoms with van der Waals surface area (Å²) in [5.74, 6) is 0.765. The van der Waals surface area contributed by atoms with Gasteiger partial charge in [-0.15, -0.1) is 0 Å². The molecule has 100 valence electrons. The lowest BCUT2D eigenvalue weighted by molar-refractivity contribution is -0.131. The minimum absolute atomic E-state index is 0.231. The van der Waals surface area contributed by atoms with Crippen molar-refractivity contribution in [1.29, 1.82) is 0 Å². The van der Waals surface area contributed by atoms with Gasteiger partial charge in [-0.25, -0.2) is 0 Å². The smallest absolute Gasteiger partial charge is 0.236 e. The van der Waals surface area contributed by atoms with Gasteiger partial charge in [0, 0.05) is 25.8 Å². The third-order valence-electron chi connectivity index (χ3n) is 3.24. The normalized spacial score (nSPS) is 15.6. The van der Waals surface area contributed by atoms with Crippen molar-refractivity contribution in [3.05, 3.63) is 12.3 Å². The lowest BCUT2D eigenvalue weighted by Crippen LogP contribution is -2.38. The van der Waals surface area contributed by atoms with Crippen molar-refractivity contribution in [3.63, 3.8) is 0 Å². The van der Waals surface area contributed by atoms with Gasteiger partial charge in [-0.3, -0.25) is 14.4 Å². The van der Waals surface area contributed by atoms with Gasteiger partial charge in [0.2, 0.25) is 5.91 Å². The van der Waals surface area contributed by atoms with Crippen molar-refractivity contribution in [3.8, 4) is 0 Å². The third-order valence-corrected chi connectivity index (χ3v) is 3.24. The van der Waals surface area contributed by atoms with Crippen LogP contribution < -0.4 is 5.73 Å². The van der Waals surface area contributed by atoms with Gasteiger partial charge in [-0.05, 0) is 26.0 Å². The van der Waals surface area contributed by atoms with Crippen LogP contribution in [0.5, 0.6) is 0 Å². The molecule has 0 atom stereocenters. The minimum Gasteiger partial charge on any atom is -0.382 e. The number of carbonyl (C=O) groups is 1. The van der Waals surface area contributed by atoms with Crippen molar-refractivity contribution in [1.82, 2.24) is 19.6 Å². The number of carbonyl (C=O) groups excluding carboxylic acids is 1. The molecule has 0 aromatic carbocycles. The molecule has 6 heteroatoms. The minimum atomic E-state index is 0.231. The number of nitrogen functional groups attached to an aromatic ring is 1. The topological polar surface area (TPSA) is 67.4 Å². The van der Waals surface area contributed by atoms with Crippen molar-refractivity contribution in [2.75, 3.05) is 39.0 Å². The predicted octanol–water partition coefficient (Wildman–Crippen LogP) is 0.0195. The number of likely N-dealkylation sites (N-methyl/N-ethyl adjacent to an activating group) is 1. The predicted molar refractivity (Wildman–Crippen MR) is 70.0 cm³/mol. The number of likely N-dealkylation sites (tertiary alicyclic amines) is 1. The molecule has 2 rings (SSSR count). The van der Waals surface area contributed by atoms with E-state index >= 15 is 0 Å². The first-order chi connectivity index (χ1) is 8.65. The maximum atomic E-state index is 11.9. The Labute approximate surface area is 107 Å². The van der Waals surface area contributed by atoms with Crippen molar-refractivity contribution < 1.29 is 4.79 Å². The zero-order chi connectivity index (χ0) is 13.0. The van der Waals surface area contributed by atoms with Crippen LogP contribution in [0.1, 0.15) is 12.8 Å². The summed E-state index contributed by atoms with van der Waals surface area (Å²) in [7, 11) is 1.96. The number of nitrogens with two attached hydrogens (primary N) is 1. The number of rotatable bonds is 5. The van der Waals surface area contributed by atoms with Crippen LogP contribution in [-0.2, 0) is 11.3 Å². The molecular weight excluding hydrogens is 230 g/mol. The molecule has 6 nitrogen and oxygen atoms in total. The third kappa shape index (κ3) is 3.46. The van der Waals surface area contributed by atoms with E-state index in [1.54, 1.807) is 10.7 Å². The van der Waals surface area contributed by atoms with E-state index in [1.807, 2.05) is 23.0 Å². The second kappa shape index (κ2) is 5.86. The van der Waals surface area contributed by atoms with Crippen LogP contribution in [0.4, 0.5) is 5.82 Å². The number of nitrogens with zero attached hydrogens (tertiary/aromatic N) is 4. The van der Waals surface area contributed by atoms with Gasteiger partial charge in [-0.1, -0.05) is 0 Å². The number of aromatic nitrogens is 2. The zero-order valence-electron chi connectivity index (χ0n) is 10.9. The molecule has 2 heterocycles. The zero-order valence-corrected chi connectivity index (χ0v) is 10.9. The summed E-state index contributed by atoms with van der Waals surface area (Å²) in [6.45, 7) is 3.86. The molecule has 1 amide bonds. The highest BCUT2D eigenvalue weighted by atomic mass is 16.2. The van der Waals surface area contributed by atoms with Crippen LogP contribution in [0.3, 0.4) is 0 Å². The Balaban J connectivity index is 1.71. The lowest BCUT2D eigenvalue weighted by Gasteiger charge is -2.21. The highest BCUT2D eigenvalue weighted by molar-refractivity contribution is 5.78. The summed E-state index contributed by atoms with van der Waals surface area (Å²) in [5.41, 5.74) is 5.54. The van der Waals surface area contributed by atoms with E-state index in [0.29, 0.717) is 12.4 Å². The Kier molecular flexibility index (Phi) is 4.19. The molecule has 0 bridgehead atoms. The molecule has 1 aliphatic rings. The molecule has 0 aliphatic carbocycles. The van der Waals surface area contributed by atoms with Gasteiger partial charge >= 0.3 is 0 Å². The van der Waals surface area contributed by atoms with E-state index in [9.17, 15) is 4.79 Å². The van der Waals surface area contributed by atoms with Crippen LogP contribution in [0.2, 0.25) is 0 Å². The quantitative estimate of drug-likeness (QED) is 0.801. The second-order valence-corrected chi connectivity index (χ2v) is 4.83. The Morgan fingerprint density at radius 3 is 2.83 bits per heavy atom. The number of anilines is 1. The maximum Gasteiger partial charge on any atom is 0.236 e. The van der Waals surface area contributed by atoms with E-state index < -0.39 is 0 Å². The molecule has 0 spiro atoms. The van der Waals surface area contributed by atoms with Gasteiger partial charge in [0.05, 0.1) is 13.1 Å². The average Bonchev–Trinajstić information content (AvgIpc) is 2.97. The van der Waals surface area contributed by atoms with Crippen molar-refractivity contribution >= 4 is 11.7 Å². The molecule has 0 saturated carbocycles. The summed E-state index contributed by atoms with van der Waals surface area (Å²) in [4.78, 5) is 15.9. The molecular formula is C12H21N5O. The fraction of sp³-hybridized carbons (Fsp3) is 0.667. The van der Waals surface area contributed by atoms with E-state index in [0.717, 1.165) is 39.0 Å². The maximum absolute atomic E-state index is 11.9. The Hall–Kier alpha value is -1.56. The van der Waals surface area contributed by atoms with Crippen molar-refractivity contribution in [2.24, 2.45) is 0 Å². The Morgan fingerprint density at radius 2 is 2.22 bits per heavy atom. The van der Waals surface area contributed by atoms with Crippen LogP contribution in [0, 0.1) is 0 Å². The summed E-state index contributed by atoms with van der Waals surface area (Å²) in [6.07, 6.45) is 4.13. The molecule has 1 saturated heterocycles.